The zero-order valence-electron chi connectivity index (χ0n) is 16.0. The lowest BCUT2D eigenvalue weighted by Gasteiger charge is -2.14. The molecule has 0 unspecified atom stereocenters. The van der Waals surface area contributed by atoms with Crippen molar-refractivity contribution in [1.29, 1.82) is 0 Å². The fourth-order valence-corrected chi connectivity index (χ4v) is 3.06. The van der Waals surface area contributed by atoms with Crippen molar-refractivity contribution in [1.82, 2.24) is 14.8 Å². The highest BCUT2D eigenvalue weighted by Gasteiger charge is 2.28. The molecule has 2 aromatic heterocycles. The number of hydrogen-bond acceptors (Lipinski definition) is 4. The fraction of sp³-hybridized carbons (Fsp3) is 0.250. The van der Waals surface area contributed by atoms with E-state index in [2.05, 4.69) is 10.1 Å². The van der Waals surface area contributed by atoms with Gasteiger partial charge >= 0.3 is 0 Å². The predicted molar refractivity (Wildman–Crippen MR) is 101 cm³/mol. The number of rotatable bonds is 5. The number of pyridine rings is 1. The molecule has 0 aliphatic heterocycles. The first kappa shape index (κ1) is 19.5. The van der Waals surface area contributed by atoms with Crippen LogP contribution < -0.4 is 10.5 Å². The Bertz CT molecular complexity index is 1040. The van der Waals surface area contributed by atoms with Gasteiger partial charge in [-0.3, -0.25) is 9.48 Å². The Morgan fingerprint density at radius 1 is 1.21 bits per heavy atom. The molecule has 0 bridgehead atoms. The van der Waals surface area contributed by atoms with Crippen LogP contribution in [0.3, 0.4) is 0 Å². The van der Waals surface area contributed by atoms with E-state index < -0.39 is 17.5 Å². The van der Waals surface area contributed by atoms with Crippen LogP contribution in [0.15, 0.2) is 30.5 Å². The molecule has 146 valence electrons. The SMILES string of the molecule is Cc1cc(OC(C)C)ncc1-c1c(-c2c(F)cccc2F)c(C(N)=O)nn1C. The Kier molecular flexibility index (Phi) is 5.13. The molecule has 3 aromatic rings. The van der Waals surface area contributed by atoms with Crippen molar-refractivity contribution < 1.29 is 18.3 Å². The second-order valence-electron chi connectivity index (χ2n) is 6.66. The summed E-state index contributed by atoms with van der Waals surface area (Å²) in [6.07, 6.45) is 1.47. The molecule has 0 saturated heterocycles. The Hall–Kier alpha value is -3.29. The first-order valence-electron chi connectivity index (χ1n) is 8.65. The number of nitrogens with zero attached hydrogens (tertiary/aromatic N) is 3. The first-order valence-corrected chi connectivity index (χ1v) is 8.65. The molecular weight excluding hydrogens is 366 g/mol. The van der Waals surface area contributed by atoms with Crippen molar-refractivity contribution in [3.8, 4) is 28.3 Å². The molecule has 6 nitrogen and oxygen atoms in total. The molecule has 1 amide bonds. The smallest absolute Gasteiger partial charge is 0.269 e. The highest BCUT2D eigenvalue weighted by Crippen LogP contribution is 2.39. The van der Waals surface area contributed by atoms with Crippen LogP contribution in [0.1, 0.15) is 29.9 Å². The molecule has 0 aliphatic carbocycles. The molecule has 0 aliphatic rings. The summed E-state index contributed by atoms with van der Waals surface area (Å²) >= 11 is 0. The predicted octanol–water partition coefficient (Wildman–Crippen LogP) is 3.62. The van der Waals surface area contributed by atoms with E-state index in [4.69, 9.17) is 10.5 Å². The van der Waals surface area contributed by atoms with Gasteiger partial charge in [-0.1, -0.05) is 6.07 Å². The topological polar surface area (TPSA) is 83.0 Å². The zero-order valence-corrected chi connectivity index (χ0v) is 16.0. The third-order valence-corrected chi connectivity index (χ3v) is 4.19. The van der Waals surface area contributed by atoms with Gasteiger partial charge in [-0.25, -0.2) is 13.8 Å². The number of amides is 1. The van der Waals surface area contributed by atoms with E-state index in [9.17, 15) is 13.6 Å². The number of ether oxygens (including phenoxy) is 1. The molecule has 3 rings (SSSR count). The van der Waals surface area contributed by atoms with Gasteiger partial charge in [0, 0.05) is 30.4 Å². The van der Waals surface area contributed by atoms with Crippen molar-refractivity contribution in [3.05, 3.63) is 53.4 Å². The monoisotopic (exact) mass is 386 g/mol. The van der Waals surface area contributed by atoms with Crippen LogP contribution in [0, 0.1) is 18.6 Å². The van der Waals surface area contributed by atoms with Crippen molar-refractivity contribution in [2.75, 3.05) is 0 Å². The summed E-state index contributed by atoms with van der Waals surface area (Å²) in [6.45, 7) is 5.57. The summed E-state index contributed by atoms with van der Waals surface area (Å²) in [4.78, 5) is 16.2. The van der Waals surface area contributed by atoms with Crippen LogP contribution in [0.5, 0.6) is 5.88 Å². The van der Waals surface area contributed by atoms with Crippen molar-refractivity contribution in [2.24, 2.45) is 12.8 Å². The Labute approximate surface area is 161 Å². The normalized spacial score (nSPS) is 11.1. The quantitative estimate of drug-likeness (QED) is 0.726. The van der Waals surface area contributed by atoms with Gasteiger partial charge in [-0.15, -0.1) is 0 Å². The number of hydrogen-bond donors (Lipinski definition) is 1. The zero-order chi connectivity index (χ0) is 20.6. The van der Waals surface area contributed by atoms with E-state index in [1.165, 1.54) is 16.9 Å². The molecule has 1 aromatic carbocycles. The molecule has 8 heteroatoms. The summed E-state index contributed by atoms with van der Waals surface area (Å²) in [5.41, 5.74) is 6.47. The van der Waals surface area contributed by atoms with Gasteiger partial charge < -0.3 is 10.5 Å². The van der Waals surface area contributed by atoms with Crippen molar-refractivity contribution in [2.45, 2.75) is 26.9 Å². The van der Waals surface area contributed by atoms with Gasteiger partial charge in [0.05, 0.1) is 17.4 Å². The van der Waals surface area contributed by atoms with Crippen LogP contribution >= 0.6 is 0 Å². The largest absolute Gasteiger partial charge is 0.475 e. The second-order valence-corrected chi connectivity index (χ2v) is 6.66. The number of nitrogens with two attached hydrogens (primary N) is 1. The van der Waals surface area contributed by atoms with Crippen LogP contribution in [0.25, 0.3) is 22.4 Å². The highest BCUT2D eigenvalue weighted by atomic mass is 19.1. The summed E-state index contributed by atoms with van der Waals surface area (Å²) in [6, 6.07) is 5.20. The first-order chi connectivity index (χ1) is 13.2. The summed E-state index contributed by atoms with van der Waals surface area (Å²) in [7, 11) is 1.57. The van der Waals surface area contributed by atoms with Crippen molar-refractivity contribution >= 4 is 5.91 Å². The van der Waals surface area contributed by atoms with E-state index in [1.807, 2.05) is 20.8 Å². The molecule has 0 radical (unpaired) electrons. The molecule has 0 atom stereocenters. The number of carbonyl (C=O) groups is 1. The lowest BCUT2D eigenvalue weighted by molar-refractivity contribution is 0.0995. The number of halogens is 2. The van der Waals surface area contributed by atoms with Crippen LogP contribution in [0.2, 0.25) is 0 Å². The molecule has 0 spiro atoms. The van der Waals surface area contributed by atoms with E-state index in [-0.39, 0.29) is 22.9 Å². The lowest BCUT2D eigenvalue weighted by Crippen LogP contribution is -2.13. The second kappa shape index (κ2) is 7.38. The molecule has 2 N–H and O–H groups in total. The molecule has 0 fully saturated rings. The maximum absolute atomic E-state index is 14.5. The van der Waals surface area contributed by atoms with Gasteiger partial charge in [0.25, 0.3) is 5.91 Å². The van der Waals surface area contributed by atoms with Crippen LogP contribution in [0.4, 0.5) is 8.78 Å². The third kappa shape index (κ3) is 3.45. The molecule has 28 heavy (non-hydrogen) atoms. The van der Waals surface area contributed by atoms with Gasteiger partial charge in [0.2, 0.25) is 5.88 Å². The number of aromatic nitrogens is 3. The number of carbonyl (C=O) groups excluding carboxylic acids is 1. The van der Waals surface area contributed by atoms with Crippen LogP contribution in [-0.4, -0.2) is 26.8 Å². The summed E-state index contributed by atoms with van der Waals surface area (Å²) in [5.74, 6) is -2.10. The van der Waals surface area contributed by atoms with Gasteiger partial charge in [0.1, 0.15) is 11.6 Å². The minimum absolute atomic E-state index is 0.00646. The van der Waals surface area contributed by atoms with Crippen molar-refractivity contribution in [3.63, 3.8) is 0 Å². The lowest BCUT2D eigenvalue weighted by atomic mass is 9.96. The molecule has 2 heterocycles. The summed E-state index contributed by atoms with van der Waals surface area (Å²) in [5, 5.41) is 4.11. The average Bonchev–Trinajstić information content (AvgIpc) is 2.92. The third-order valence-electron chi connectivity index (χ3n) is 4.19. The maximum Gasteiger partial charge on any atom is 0.269 e. The average molecular weight is 386 g/mol. The van der Waals surface area contributed by atoms with Gasteiger partial charge in [0.15, 0.2) is 5.69 Å². The van der Waals surface area contributed by atoms with E-state index in [0.29, 0.717) is 17.1 Å². The minimum atomic E-state index is -0.884. The molecular formula is C20H20F2N4O2. The number of benzene rings is 1. The molecule has 0 saturated carbocycles. The standard InChI is InChI=1S/C20H20F2N4O2/c1-10(2)28-15-8-11(3)12(9-24-15)19-17(18(20(23)27)25-26(19)4)16-13(21)6-5-7-14(16)22/h5-10H,1-4H3,(H2,23,27). The van der Waals surface area contributed by atoms with Crippen LogP contribution in [-0.2, 0) is 7.05 Å². The van der Waals surface area contributed by atoms with Gasteiger partial charge in [-0.2, -0.15) is 5.10 Å². The van der Waals surface area contributed by atoms with E-state index in [1.54, 1.807) is 13.1 Å². The van der Waals surface area contributed by atoms with E-state index >= 15 is 0 Å². The number of aryl methyl sites for hydroxylation is 2. The fourth-order valence-electron chi connectivity index (χ4n) is 3.06. The van der Waals surface area contributed by atoms with Gasteiger partial charge in [-0.05, 0) is 38.5 Å². The Morgan fingerprint density at radius 2 is 1.86 bits per heavy atom. The highest BCUT2D eigenvalue weighted by molar-refractivity contribution is 6.02. The summed E-state index contributed by atoms with van der Waals surface area (Å²) < 4.78 is 36.0. The minimum Gasteiger partial charge on any atom is -0.475 e. The Morgan fingerprint density at radius 3 is 2.39 bits per heavy atom. The Balaban J connectivity index is 2.30. The number of primary amides is 1. The maximum atomic E-state index is 14.5. The van der Waals surface area contributed by atoms with E-state index in [0.717, 1.165) is 17.7 Å².